The maximum atomic E-state index is 5.53. The molecule has 1 aromatic heterocycles. The van der Waals surface area contributed by atoms with Crippen LogP contribution in [-0.2, 0) is 13.0 Å². The molecule has 17 heavy (non-hydrogen) atoms. The standard InChI is InChI=1S/C13H20N4/c1-3-10(16-14)9-13-15-11-7-5-6-8-12(11)17(13)4-2/h5-8,10,16H,3-4,9,14H2,1-2H3. The van der Waals surface area contributed by atoms with Gasteiger partial charge >= 0.3 is 0 Å². The highest BCUT2D eigenvalue weighted by atomic mass is 15.2. The Morgan fingerprint density at radius 1 is 1.35 bits per heavy atom. The molecule has 0 aliphatic heterocycles. The summed E-state index contributed by atoms with van der Waals surface area (Å²) < 4.78 is 2.26. The highest BCUT2D eigenvalue weighted by Gasteiger charge is 2.13. The van der Waals surface area contributed by atoms with Gasteiger partial charge in [-0.2, -0.15) is 0 Å². The van der Waals surface area contributed by atoms with E-state index in [9.17, 15) is 0 Å². The van der Waals surface area contributed by atoms with Crippen molar-refractivity contribution in [2.24, 2.45) is 5.84 Å². The second-order valence-electron chi connectivity index (χ2n) is 4.24. The average Bonchev–Trinajstić information content (AvgIpc) is 2.72. The smallest absolute Gasteiger partial charge is 0.111 e. The fraction of sp³-hybridized carbons (Fsp3) is 0.462. The zero-order valence-electron chi connectivity index (χ0n) is 10.5. The SMILES string of the molecule is CCC(Cc1nc2ccccc2n1CC)NN. The third kappa shape index (κ3) is 2.33. The van der Waals surface area contributed by atoms with Gasteiger partial charge in [0.15, 0.2) is 0 Å². The summed E-state index contributed by atoms with van der Waals surface area (Å²) in [5.41, 5.74) is 5.11. The zero-order valence-corrected chi connectivity index (χ0v) is 10.5. The molecule has 2 rings (SSSR count). The Bertz CT molecular complexity index is 485. The molecule has 1 atom stereocenters. The van der Waals surface area contributed by atoms with Crippen molar-refractivity contribution in [2.75, 3.05) is 0 Å². The van der Waals surface area contributed by atoms with E-state index in [1.54, 1.807) is 0 Å². The van der Waals surface area contributed by atoms with Gasteiger partial charge in [-0.25, -0.2) is 4.98 Å². The van der Waals surface area contributed by atoms with E-state index in [2.05, 4.69) is 47.0 Å². The number of hydrogen-bond acceptors (Lipinski definition) is 3. The van der Waals surface area contributed by atoms with Crippen molar-refractivity contribution >= 4 is 11.0 Å². The van der Waals surface area contributed by atoms with Gasteiger partial charge < -0.3 is 4.57 Å². The van der Waals surface area contributed by atoms with Crippen LogP contribution in [-0.4, -0.2) is 15.6 Å². The first-order valence-electron chi connectivity index (χ1n) is 6.20. The van der Waals surface area contributed by atoms with Crippen molar-refractivity contribution in [1.82, 2.24) is 15.0 Å². The number of para-hydroxylation sites is 2. The quantitative estimate of drug-likeness (QED) is 0.611. The van der Waals surface area contributed by atoms with E-state index < -0.39 is 0 Å². The second kappa shape index (κ2) is 5.29. The predicted octanol–water partition coefficient (Wildman–Crippen LogP) is 1.84. The number of hydrazine groups is 1. The third-order valence-corrected chi connectivity index (χ3v) is 3.21. The first-order valence-corrected chi connectivity index (χ1v) is 6.20. The molecule has 0 radical (unpaired) electrons. The van der Waals surface area contributed by atoms with Gasteiger partial charge in [-0.1, -0.05) is 19.1 Å². The van der Waals surface area contributed by atoms with Gasteiger partial charge in [0.05, 0.1) is 11.0 Å². The maximum absolute atomic E-state index is 5.53. The number of aryl methyl sites for hydroxylation is 1. The number of benzene rings is 1. The molecule has 3 N–H and O–H groups in total. The van der Waals surface area contributed by atoms with Crippen molar-refractivity contribution in [3.05, 3.63) is 30.1 Å². The number of hydrogen-bond donors (Lipinski definition) is 2. The summed E-state index contributed by atoms with van der Waals surface area (Å²) >= 11 is 0. The Morgan fingerprint density at radius 2 is 2.12 bits per heavy atom. The van der Waals surface area contributed by atoms with Crippen LogP contribution in [0.15, 0.2) is 24.3 Å². The molecular weight excluding hydrogens is 212 g/mol. The predicted molar refractivity (Wildman–Crippen MR) is 70.5 cm³/mol. The number of fused-ring (bicyclic) bond motifs is 1. The Hall–Kier alpha value is -1.39. The third-order valence-electron chi connectivity index (χ3n) is 3.21. The van der Waals surface area contributed by atoms with Gasteiger partial charge in [0, 0.05) is 19.0 Å². The van der Waals surface area contributed by atoms with Gasteiger partial charge in [0.1, 0.15) is 5.82 Å². The van der Waals surface area contributed by atoms with Gasteiger partial charge in [-0.05, 0) is 25.5 Å². The Kier molecular flexibility index (Phi) is 3.76. The van der Waals surface area contributed by atoms with Crippen LogP contribution in [0.5, 0.6) is 0 Å². The molecule has 1 unspecified atom stereocenters. The summed E-state index contributed by atoms with van der Waals surface area (Å²) in [6.45, 7) is 5.22. The normalized spacial score (nSPS) is 13.1. The minimum absolute atomic E-state index is 0.289. The van der Waals surface area contributed by atoms with Crippen LogP contribution >= 0.6 is 0 Å². The van der Waals surface area contributed by atoms with E-state index in [1.807, 2.05) is 6.07 Å². The topological polar surface area (TPSA) is 55.9 Å². The fourth-order valence-electron chi connectivity index (χ4n) is 2.18. The Balaban J connectivity index is 2.39. The lowest BCUT2D eigenvalue weighted by atomic mass is 10.1. The molecule has 0 amide bonds. The molecule has 0 saturated heterocycles. The van der Waals surface area contributed by atoms with Crippen LogP contribution in [0.1, 0.15) is 26.1 Å². The van der Waals surface area contributed by atoms with Gasteiger partial charge in [0.25, 0.3) is 0 Å². The Labute approximate surface area is 102 Å². The van der Waals surface area contributed by atoms with Crippen molar-refractivity contribution in [2.45, 2.75) is 39.3 Å². The van der Waals surface area contributed by atoms with E-state index in [0.717, 1.165) is 30.7 Å². The molecular formula is C13H20N4. The fourth-order valence-corrected chi connectivity index (χ4v) is 2.18. The lowest BCUT2D eigenvalue weighted by molar-refractivity contribution is 0.491. The van der Waals surface area contributed by atoms with E-state index >= 15 is 0 Å². The molecule has 1 aromatic carbocycles. The first kappa shape index (κ1) is 12.1. The van der Waals surface area contributed by atoms with Crippen molar-refractivity contribution in [3.8, 4) is 0 Å². The van der Waals surface area contributed by atoms with Crippen molar-refractivity contribution < 1.29 is 0 Å². The lowest BCUT2D eigenvalue weighted by Crippen LogP contribution is -2.36. The number of imidazole rings is 1. The number of nitrogens with zero attached hydrogens (tertiary/aromatic N) is 2. The molecule has 2 aromatic rings. The average molecular weight is 232 g/mol. The van der Waals surface area contributed by atoms with Crippen LogP contribution in [0.4, 0.5) is 0 Å². The minimum Gasteiger partial charge on any atom is -0.328 e. The second-order valence-corrected chi connectivity index (χ2v) is 4.24. The molecule has 0 saturated carbocycles. The number of rotatable bonds is 5. The molecule has 92 valence electrons. The van der Waals surface area contributed by atoms with Gasteiger partial charge in [-0.15, -0.1) is 0 Å². The molecule has 0 bridgehead atoms. The van der Waals surface area contributed by atoms with E-state index in [0.29, 0.717) is 0 Å². The Morgan fingerprint density at radius 3 is 2.76 bits per heavy atom. The number of nitrogens with two attached hydrogens (primary N) is 1. The lowest BCUT2D eigenvalue weighted by Gasteiger charge is -2.13. The van der Waals surface area contributed by atoms with E-state index in [-0.39, 0.29) is 6.04 Å². The van der Waals surface area contributed by atoms with Crippen LogP contribution in [0.2, 0.25) is 0 Å². The molecule has 0 aliphatic carbocycles. The number of nitrogens with one attached hydrogen (secondary N) is 1. The zero-order chi connectivity index (χ0) is 12.3. The van der Waals surface area contributed by atoms with Gasteiger partial charge in [0.2, 0.25) is 0 Å². The summed E-state index contributed by atoms with van der Waals surface area (Å²) in [4.78, 5) is 4.69. The van der Waals surface area contributed by atoms with Crippen LogP contribution < -0.4 is 11.3 Å². The van der Waals surface area contributed by atoms with Crippen LogP contribution in [0, 0.1) is 0 Å². The summed E-state index contributed by atoms with van der Waals surface area (Å²) in [6.07, 6.45) is 1.87. The summed E-state index contributed by atoms with van der Waals surface area (Å²) in [7, 11) is 0. The van der Waals surface area contributed by atoms with Crippen molar-refractivity contribution in [3.63, 3.8) is 0 Å². The molecule has 0 fully saturated rings. The summed E-state index contributed by atoms with van der Waals surface area (Å²) in [5, 5.41) is 0. The van der Waals surface area contributed by atoms with Crippen molar-refractivity contribution in [1.29, 1.82) is 0 Å². The molecule has 4 nitrogen and oxygen atoms in total. The van der Waals surface area contributed by atoms with Gasteiger partial charge in [-0.3, -0.25) is 11.3 Å². The van der Waals surface area contributed by atoms with Crippen LogP contribution in [0.3, 0.4) is 0 Å². The minimum atomic E-state index is 0.289. The largest absolute Gasteiger partial charge is 0.328 e. The monoisotopic (exact) mass is 232 g/mol. The molecule has 0 aliphatic rings. The van der Waals surface area contributed by atoms with E-state index in [4.69, 9.17) is 5.84 Å². The highest BCUT2D eigenvalue weighted by molar-refractivity contribution is 5.75. The highest BCUT2D eigenvalue weighted by Crippen LogP contribution is 2.17. The van der Waals surface area contributed by atoms with E-state index in [1.165, 1.54) is 5.52 Å². The maximum Gasteiger partial charge on any atom is 0.111 e. The molecule has 1 heterocycles. The molecule has 4 heteroatoms. The summed E-state index contributed by atoms with van der Waals surface area (Å²) in [6, 6.07) is 8.54. The summed E-state index contributed by atoms with van der Waals surface area (Å²) in [5.74, 6) is 6.64. The number of aromatic nitrogens is 2. The first-order chi connectivity index (χ1) is 8.30. The molecule has 0 spiro atoms. The van der Waals surface area contributed by atoms with Crippen LogP contribution in [0.25, 0.3) is 11.0 Å².